The van der Waals surface area contributed by atoms with E-state index >= 15 is 0 Å². The first-order valence-electron chi connectivity index (χ1n) is 21.3. The molecule has 2 aliphatic rings. The molecule has 3 rings (SSSR count). The fourth-order valence-electron chi connectivity index (χ4n) is 6.87. The Bertz CT molecular complexity index is 1090. The summed E-state index contributed by atoms with van der Waals surface area (Å²) in [5.41, 5.74) is -1.02. The number of hydrogen-bond donors (Lipinski definition) is 1. The molecule has 1 saturated carbocycles. The number of hydrogen-bond acceptors (Lipinski definition) is 11. The Morgan fingerprint density at radius 3 is 1.69 bits per heavy atom. The Morgan fingerprint density at radius 2 is 1.13 bits per heavy atom. The van der Waals surface area contributed by atoms with Crippen molar-refractivity contribution >= 4 is 5.97 Å². The van der Waals surface area contributed by atoms with Crippen molar-refractivity contribution in [3.63, 3.8) is 0 Å². The average Bonchev–Trinajstić information content (AvgIpc) is 3.19. The van der Waals surface area contributed by atoms with E-state index in [1.165, 1.54) is 0 Å². The van der Waals surface area contributed by atoms with Gasteiger partial charge in [0.15, 0.2) is 11.9 Å². The fourth-order valence-corrected chi connectivity index (χ4v) is 6.87. The molecule has 1 aromatic rings. The lowest BCUT2D eigenvalue weighted by atomic mass is 9.64. The number of aliphatic hydroxyl groups is 1. The number of carbonyl (C=O) groups is 1. The van der Waals surface area contributed by atoms with E-state index in [2.05, 4.69) is 41.5 Å². The van der Waals surface area contributed by atoms with E-state index in [0.717, 1.165) is 77.0 Å². The Morgan fingerprint density at radius 1 is 0.630 bits per heavy atom. The van der Waals surface area contributed by atoms with Crippen molar-refractivity contribution in [2.45, 2.75) is 167 Å². The van der Waals surface area contributed by atoms with Gasteiger partial charge in [0.25, 0.3) is 0 Å². The lowest BCUT2D eigenvalue weighted by molar-refractivity contribution is -0.378. The molecule has 312 valence electrons. The summed E-state index contributed by atoms with van der Waals surface area (Å²) in [6, 6.07) is 8.82. The van der Waals surface area contributed by atoms with Crippen LogP contribution in [0.3, 0.4) is 0 Å². The molecule has 1 heterocycles. The summed E-state index contributed by atoms with van der Waals surface area (Å²) < 4.78 is 59.1. The topological polar surface area (TPSA) is 120 Å². The molecule has 9 atom stereocenters. The van der Waals surface area contributed by atoms with E-state index in [4.69, 9.17) is 42.6 Å². The van der Waals surface area contributed by atoms with Crippen molar-refractivity contribution < 1.29 is 52.5 Å². The van der Waals surface area contributed by atoms with Gasteiger partial charge >= 0.3 is 5.97 Å². The van der Waals surface area contributed by atoms with Gasteiger partial charge in [-0.2, -0.15) is 0 Å². The van der Waals surface area contributed by atoms with Gasteiger partial charge in [0, 0.05) is 39.6 Å². The van der Waals surface area contributed by atoms with Crippen LogP contribution in [0, 0.1) is 5.92 Å². The number of rotatable bonds is 31. The van der Waals surface area contributed by atoms with E-state index in [1.807, 2.05) is 6.07 Å². The number of carbonyl (C=O) groups excluding carboxylic acids is 1. The molecule has 0 spiro atoms. The molecular formula is C43H74O11. The molecule has 1 aliphatic heterocycles. The van der Waals surface area contributed by atoms with E-state index < -0.39 is 67.0 Å². The van der Waals surface area contributed by atoms with Gasteiger partial charge in [-0.25, -0.2) is 4.79 Å². The highest BCUT2D eigenvalue weighted by Crippen LogP contribution is 2.48. The predicted molar refractivity (Wildman–Crippen MR) is 209 cm³/mol. The van der Waals surface area contributed by atoms with Crippen molar-refractivity contribution in [2.75, 3.05) is 59.5 Å². The summed E-state index contributed by atoms with van der Waals surface area (Å²) in [5, 5.41) is 11.2. The van der Waals surface area contributed by atoms with E-state index in [0.29, 0.717) is 51.8 Å². The normalized spacial score (nSPS) is 28.2. The monoisotopic (exact) mass is 767 g/mol. The van der Waals surface area contributed by atoms with Crippen LogP contribution in [0.1, 0.15) is 129 Å². The van der Waals surface area contributed by atoms with Gasteiger partial charge in [-0.3, -0.25) is 0 Å². The van der Waals surface area contributed by atoms with Crippen LogP contribution in [0.25, 0.3) is 0 Å². The quantitative estimate of drug-likeness (QED) is 0.0592. The first kappa shape index (κ1) is 46.7. The summed E-state index contributed by atoms with van der Waals surface area (Å²) in [7, 11) is 0. The summed E-state index contributed by atoms with van der Waals surface area (Å²) >= 11 is 0. The molecular weight excluding hydrogens is 692 g/mol. The van der Waals surface area contributed by atoms with Gasteiger partial charge in [0.05, 0.1) is 31.3 Å². The highest BCUT2D eigenvalue weighted by Gasteiger charge is 2.68. The van der Waals surface area contributed by atoms with Crippen LogP contribution < -0.4 is 0 Å². The molecule has 0 amide bonds. The molecule has 0 bridgehead atoms. The molecule has 1 aliphatic carbocycles. The van der Waals surface area contributed by atoms with Crippen molar-refractivity contribution in [2.24, 2.45) is 5.92 Å². The molecule has 11 nitrogen and oxygen atoms in total. The molecule has 2 fully saturated rings. The van der Waals surface area contributed by atoms with Gasteiger partial charge < -0.3 is 47.7 Å². The SMILES string of the molecule is CCCCOCC1O[C@H](O[C@H]2C(COCCCC)[C@](CO)(OC(=O)c3ccccc3)C2OCCCC)C(OCCCC)[C@@H](OCCCC)[C@H]1OCCCC. The zero-order valence-corrected chi connectivity index (χ0v) is 34.4. The average molecular weight is 767 g/mol. The second-order valence-electron chi connectivity index (χ2n) is 14.7. The number of aliphatic hydroxyl groups excluding tert-OH is 1. The van der Waals surface area contributed by atoms with Gasteiger partial charge in [0.2, 0.25) is 0 Å². The summed E-state index contributed by atoms with van der Waals surface area (Å²) in [5.74, 6) is -1.10. The maximum Gasteiger partial charge on any atom is 0.338 e. The van der Waals surface area contributed by atoms with Crippen LogP contribution in [0.4, 0.5) is 0 Å². The van der Waals surface area contributed by atoms with Gasteiger partial charge in [-0.15, -0.1) is 0 Å². The second kappa shape index (κ2) is 27.1. The number of ether oxygens (including phenoxy) is 9. The number of benzene rings is 1. The van der Waals surface area contributed by atoms with Crippen LogP contribution >= 0.6 is 0 Å². The highest BCUT2D eigenvalue weighted by molar-refractivity contribution is 5.89. The zero-order valence-electron chi connectivity index (χ0n) is 34.4. The first-order chi connectivity index (χ1) is 26.5. The van der Waals surface area contributed by atoms with Crippen molar-refractivity contribution in [1.29, 1.82) is 0 Å². The number of esters is 1. The minimum absolute atomic E-state index is 0.192. The Balaban J connectivity index is 2.05. The van der Waals surface area contributed by atoms with Gasteiger partial charge in [-0.1, -0.05) is 98.3 Å². The van der Waals surface area contributed by atoms with Gasteiger partial charge in [-0.05, 0) is 50.7 Å². The smallest absolute Gasteiger partial charge is 0.338 e. The van der Waals surface area contributed by atoms with Crippen LogP contribution in [-0.4, -0.2) is 119 Å². The van der Waals surface area contributed by atoms with Crippen molar-refractivity contribution in [3.8, 4) is 0 Å². The Hall–Kier alpha value is -1.67. The van der Waals surface area contributed by atoms with Crippen LogP contribution in [0.5, 0.6) is 0 Å². The van der Waals surface area contributed by atoms with E-state index in [9.17, 15) is 9.90 Å². The lowest BCUT2D eigenvalue weighted by Crippen LogP contribution is -2.77. The van der Waals surface area contributed by atoms with Crippen LogP contribution in [0.15, 0.2) is 30.3 Å². The molecule has 0 radical (unpaired) electrons. The second-order valence-corrected chi connectivity index (χ2v) is 14.7. The highest BCUT2D eigenvalue weighted by atomic mass is 16.7. The standard InChI is InChI=1S/C43H74O11/c1-7-13-24-46-30-34-36(40(51-29-18-12-6)43(34,32-44)54-41(45)33-22-20-19-21-23-33)53-42-39(50-28-17-11-5)38(49-27-16-10-4)37(48-26-15-9-3)35(52-42)31-47-25-14-8-2/h19-23,34-40,42,44H,7-18,24-32H2,1-6H3/t34?,35?,36-,37-,38-,39?,40?,42+,43-/m0/s1. The molecule has 0 aromatic heterocycles. The van der Waals surface area contributed by atoms with Gasteiger partial charge in [0.1, 0.15) is 36.6 Å². The predicted octanol–water partition coefficient (Wildman–Crippen LogP) is 7.69. The van der Waals surface area contributed by atoms with E-state index in [-0.39, 0.29) is 6.61 Å². The third kappa shape index (κ3) is 13.8. The van der Waals surface area contributed by atoms with Crippen LogP contribution in [0.2, 0.25) is 0 Å². The fraction of sp³-hybridized carbons (Fsp3) is 0.837. The first-order valence-corrected chi connectivity index (χ1v) is 21.3. The maximum absolute atomic E-state index is 13.6. The Labute approximate surface area is 326 Å². The lowest BCUT2D eigenvalue weighted by Gasteiger charge is -2.59. The summed E-state index contributed by atoms with van der Waals surface area (Å²) in [4.78, 5) is 13.6. The van der Waals surface area contributed by atoms with Crippen molar-refractivity contribution in [3.05, 3.63) is 35.9 Å². The number of unbranched alkanes of at least 4 members (excludes halogenated alkanes) is 6. The molecule has 1 N–H and O–H groups in total. The minimum atomic E-state index is -1.41. The molecule has 54 heavy (non-hydrogen) atoms. The molecule has 11 heteroatoms. The summed E-state index contributed by atoms with van der Waals surface area (Å²) in [6.07, 6.45) is 6.75. The largest absolute Gasteiger partial charge is 0.450 e. The third-order valence-electron chi connectivity index (χ3n) is 10.3. The Kier molecular flexibility index (Phi) is 23.4. The maximum atomic E-state index is 13.6. The zero-order chi connectivity index (χ0) is 39.0. The molecule has 1 aromatic carbocycles. The molecule has 1 saturated heterocycles. The van der Waals surface area contributed by atoms with Crippen molar-refractivity contribution in [1.82, 2.24) is 0 Å². The molecule has 4 unspecified atom stereocenters. The third-order valence-corrected chi connectivity index (χ3v) is 10.3. The summed E-state index contributed by atoms with van der Waals surface area (Å²) in [6.45, 7) is 15.9. The van der Waals surface area contributed by atoms with E-state index in [1.54, 1.807) is 24.3 Å². The van der Waals surface area contributed by atoms with Crippen LogP contribution in [-0.2, 0) is 42.6 Å². The minimum Gasteiger partial charge on any atom is -0.450 e.